The Morgan fingerprint density at radius 1 is 0.765 bits per heavy atom. The van der Waals surface area contributed by atoms with Gasteiger partial charge in [-0.3, -0.25) is 17.2 Å². The summed E-state index contributed by atoms with van der Waals surface area (Å²) in [6.45, 7) is 0. The number of hydrogen-bond donors (Lipinski definition) is 6. The maximum absolute atomic E-state index is 9.11. The van der Waals surface area contributed by atoms with Gasteiger partial charge >= 0.3 is 51.3 Å². The fraction of sp³-hybridized carbons (Fsp3) is 0. The van der Waals surface area contributed by atoms with Crippen LogP contribution in [0.1, 0.15) is 0 Å². The van der Waals surface area contributed by atoms with E-state index in [1.54, 1.807) is 0 Å². The van der Waals surface area contributed by atoms with E-state index in [9.17, 15) is 0 Å². The molecule has 0 aromatic carbocycles. The standard InChI is InChI=1S/3CH4N2O.4O.Sb/c3*2-1(3)4;;;;;/h3*(H4,2,3,4);;;;;/q;;;;3*-1;/p+3. The summed E-state index contributed by atoms with van der Waals surface area (Å²) in [5, 5.41) is 0. The summed E-state index contributed by atoms with van der Waals surface area (Å²) < 4.78 is 34.6. The van der Waals surface area contributed by atoms with Gasteiger partial charge in [0, 0.05) is 0 Å². The molecule has 15 N–H and O–H groups in total. The minimum atomic E-state index is -6.10. The molecule has 0 aromatic rings. The van der Waals surface area contributed by atoms with Crippen LogP contribution >= 0.6 is 0 Å². The van der Waals surface area contributed by atoms with Crippen molar-refractivity contribution in [2.45, 2.75) is 0 Å². The molecule has 0 aliphatic rings. The average molecular weight is 369 g/mol. The van der Waals surface area contributed by atoms with Crippen molar-refractivity contribution in [2.24, 2.45) is 17.2 Å². The van der Waals surface area contributed by atoms with Gasteiger partial charge in [0.2, 0.25) is 0 Å². The summed E-state index contributed by atoms with van der Waals surface area (Å²) in [5.74, 6) is 0. The molecule has 0 saturated carbocycles. The summed E-state index contributed by atoms with van der Waals surface area (Å²) in [7, 11) is 0. The van der Waals surface area contributed by atoms with E-state index in [-0.39, 0.29) is 0 Å². The molecule has 6 amide bonds. The van der Waals surface area contributed by atoms with E-state index in [4.69, 9.17) is 27.6 Å². The van der Waals surface area contributed by atoms with Gasteiger partial charge in [0.25, 0.3) is 0 Å². The van der Waals surface area contributed by atoms with Crippen molar-refractivity contribution >= 4 is 38.1 Å². The van der Waals surface area contributed by atoms with Crippen LogP contribution in [-0.4, -0.2) is 38.1 Å². The second-order valence-electron chi connectivity index (χ2n) is 1.85. The molecule has 0 aliphatic heterocycles. The number of rotatable bonds is 0. The molecule has 0 bridgehead atoms. The van der Waals surface area contributed by atoms with E-state index in [0.717, 1.165) is 0 Å². The van der Waals surface area contributed by atoms with Crippen LogP contribution in [0, 0.1) is 0 Å². The Labute approximate surface area is 100 Å². The van der Waals surface area contributed by atoms with Crippen molar-refractivity contribution in [3.63, 3.8) is 0 Å². The molecule has 17 heavy (non-hydrogen) atoms. The zero-order valence-corrected chi connectivity index (χ0v) is 11.2. The number of nitrogens with two attached hydrogens (primary N) is 3. The Hall–Kier alpha value is -1.21. The first-order valence-corrected chi connectivity index (χ1v) is 7.44. The second kappa shape index (κ2) is 14.8. The Balaban J connectivity index is -0.0000000667. The van der Waals surface area contributed by atoms with Gasteiger partial charge in [-0.2, -0.15) is 0 Å². The third-order valence-electron chi connectivity index (χ3n) is 0. The number of amides is 6. The van der Waals surface area contributed by atoms with E-state index in [1.165, 1.54) is 0 Å². The molecule has 0 radical (unpaired) electrons. The van der Waals surface area contributed by atoms with E-state index >= 15 is 0 Å². The first-order chi connectivity index (χ1) is 7.20. The fourth-order valence-electron chi connectivity index (χ4n) is 0. The van der Waals surface area contributed by atoms with E-state index < -0.39 is 38.1 Å². The van der Waals surface area contributed by atoms with Crippen LogP contribution < -0.4 is 44.6 Å². The molecule has 0 saturated heterocycles. The van der Waals surface area contributed by atoms with Crippen LogP contribution in [0.2, 0.25) is 0 Å². The van der Waals surface area contributed by atoms with Crippen LogP contribution in [0.5, 0.6) is 0 Å². The first-order valence-electron chi connectivity index (χ1n) is 3.27. The second-order valence-corrected chi connectivity index (χ2v) is 4.40. The third-order valence-corrected chi connectivity index (χ3v) is 0. The normalized spacial score (nSPS) is 7.88. The summed E-state index contributed by atoms with van der Waals surface area (Å²) in [4.78, 5) is 27.3. The summed E-state index contributed by atoms with van der Waals surface area (Å²) in [6, 6.07) is -1.75. The van der Waals surface area contributed by atoms with Gasteiger partial charge in [-0.1, -0.05) is 0 Å². The number of quaternary nitrogens is 3. The molecule has 0 fully saturated rings. The van der Waals surface area contributed by atoms with Gasteiger partial charge in [0.05, 0.1) is 0 Å². The maximum atomic E-state index is 9.11. The van der Waals surface area contributed by atoms with E-state index in [2.05, 4.69) is 34.4 Å². The average Bonchev–Trinajstić information content (AvgIpc) is 1.73. The SMILES string of the molecule is NC([NH3+])=O.NC([NH3+])=O.NC([NH3+])=O.[O]=[Sb]([O-])([O-])[O-]. The van der Waals surface area contributed by atoms with Gasteiger partial charge in [0.15, 0.2) is 0 Å². The van der Waals surface area contributed by atoms with Crippen LogP contribution in [0.25, 0.3) is 0 Å². The van der Waals surface area contributed by atoms with Crippen molar-refractivity contribution in [3.05, 3.63) is 0 Å². The summed E-state index contributed by atoms with van der Waals surface area (Å²) in [5.41, 5.74) is 21.4. The van der Waals surface area contributed by atoms with Crippen molar-refractivity contribution in [1.29, 1.82) is 0 Å². The molecule has 0 spiro atoms. The zero-order chi connectivity index (χ0) is 15.2. The van der Waals surface area contributed by atoms with E-state index in [0.29, 0.717) is 0 Å². The number of primary amides is 3. The number of carbonyl (C=O) groups excluding carboxylic acids is 3. The van der Waals surface area contributed by atoms with Crippen molar-refractivity contribution in [2.75, 3.05) is 0 Å². The van der Waals surface area contributed by atoms with Crippen molar-refractivity contribution < 1.29 is 44.8 Å². The van der Waals surface area contributed by atoms with Gasteiger partial charge in [-0.05, 0) is 0 Å². The Morgan fingerprint density at radius 3 is 0.765 bits per heavy atom. The molecular formula is C3H15N6O7Sb. The monoisotopic (exact) mass is 368 g/mol. The molecule has 0 aromatic heterocycles. The molecule has 14 heteroatoms. The Kier molecular flexibility index (Phi) is 21.6. The molecule has 0 unspecified atom stereocenters. The third kappa shape index (κ3) is 1650. The molecule has 0 atom stereocenters. The molecule has 13 nitrogen and oxygen atoms in total. The van der Waals surface area contributed by atoms with Crippen molar-refractivity contribution in [1.82, 2.24) is 0 Å². The quantitative estimate of drug-likeness (QED) is 0.224. The van der Waals surface area contributed by atoms with Crippen LogP contribution in [-0.2, 0) is 3.02 Å². The van der Waals surface area contributed by atoms with Crippen LogP contribution in [0.3, 0.4) is 0 Å². The molecule has 0 heterocycles. The molecular weight excluding hydrogens is 354 g/mol. The predicted molar refractivity (Wildman–Crippen MR) is 43.9 cm³/mol. The van der Waals surface area contributed by atoms with Gasteiger partial charge in [0.1, 0.15) is 0 Å². The van der Waals surface area contributed by atoms with Crippen molar-refractivity contribution in [3.8, 4) is 0 Å². The zero-order valence-electron chi connectivity index (χ0n) is 8.66. The van der Waals surface area contributed by atoms with E-state index in [1.807, 2.05) is 0 Å². The predicted octanol–water partition coefficient (Wildman–Crippen LogP) is -9.15. The molecule has 0 rings (SSSR count). The van der Waals surface area contributed by atoms with Gasteiger partial charge < -0.3 is 17.2 Å². The number of urea groups is 3. The van der Waals surface area contributed by atoms with Gasteiger partial charge in [-0.25, -0.2) is 14.4 Å². The van der Waals surface area contributed by atoms with Gasteiger partial charge in [-0.15, -0.1) is 0 Å². The Morgan fingerprint density at radius 2 is 0.765 bits per heavy atom. The van der Waals surface area contributed by atoms with Crippen LogP contribution in [0.4, 0.5) is 14.4 Å². The summed E-state index contributed by atoms with van der Waals surface area (Å²) >= 11 is -6.10. The number of carbonyl (C=O) groups is 3. The Bertz CT molecular complexity index is 226. The van der Waals surface area contributed by atoms with Crippen LogP contribution in [0.15, 0.2) is 0 Å². The molecule has 104 valence electrons. The summed E-state index contributed by atoms with van der Waals surface area (Å²) in [6.07, 6.45) is 0. The number of hydrogen-bond acceptors (Lipinski definition) is 7. The minimum absolute atomic E-state index is 0.583. The molecule has 0 aliphatic carbocycles. The topological polar surface area (TPSA) is 298 Å². The fourth-order valence-corrected chi connectivity index (χ4v) is 0. The first kappa shape index (κ1) is 24.8.